The summed E-state index contributed by atoms with van der Waals surface area (Å²) in [6.07, 6.45) is 2.11. The van der Waals surface area contributed by atoms with Crippen LogP contribution < -0.4 is 5.32 Å². The molecule has 2 aliphatic carbocycles. The SMILES string of the molecule is CC(C)=C[C@H]1O[C@H]2[C@H]3O[C@@]34[C@H](CC[C@@]3(C)[C@@]4(O)CC[C@@H](CC4(O)C(=O)Nc5cccc(CC6OC6(C)C)c54)[C@]3(C)O)O[C@@H]2C(C)(C)O1. The summed E-state index contributed by atoms with van der Waals surface area (Å²) in [5.74, 6) is -0.971. The van der Waals surface area contributed by atoms with E-state index in [1.54, 1.807) is 6.92 Å². The van der Waals surface area contributed by atoms with Crippen LogP contribution in [0.2, 0.25) is 0 Å². The number of rotatable bonds is 5. The van der Waals surface area contributed by atoms with E-state index < -0.39 is 69.8 Å². The normalized spacial score (nSPS) is 49.8. The second-order valence-electron chi connectivity index (χ2n) is 17.2. The minimum Gasteiger partial charge on any atom is -0.389 e. The average Bonchev–Trinajstić information content (AvgIpc) is 3.83. The molecule has 1 aromatic rings. The molecular weight excluding hydrogens is 602 g/mol. The first-order valence-corrected chi connectivity index (χ1v) is 17.4. The van der Waals surface area contributed by atoms with Crippen LogP contribution in [0.5, 0.6) is 0 Å². The first kappa shape index (κ1) is 32.3. The molecule has 12 atom stereocenters. The van der Waals surface area contributed by atoms with Gasteiger partial charge in [0.1, 0.15) is 23.9 Å². The summed E-state index contributed by atoms with van der Waals surface area (Å²) in [6.45, 7) is 15.8. The maximum atomic E-state index is 13.6. The summed E-state index contributed by atoms with van der Waals surface area (Å²) in [7, 11) is 0. The molecule has 4 saturated heterocycles. The van der Waals surface area contributed by atoms with Gasteiger partial charge in [0.15, 0.2) is 17.5 Å². The monoisotopic (exact) mass is 653 g/mol. The Morgan fingerprint density at radius 2 is 1.66 bits per heavy atom. The molecule has 0 bridgehead atoms. The smallest absolute Gasteiger partial charge is 0.261 e. The molecule has 7 aliphatic rings. The number of carbonyl (C=O) groups excluding carboxylic acids is 1. The predicted molar refractivity (Wildman–Crippen MR) is 171 cm³/mol. The van der Waals surface area contributed by atoms with E-state index in [1.165, 1.54) is 0 Å². The molecule has 1 spiro atoms. The highest BCUT2D eigenvalue weighted by molar-refractivity contribution is 6.05. The minimum atomic E-state index is -1.83. The van der Waals surface area contributed by atoms with Crippen LogP contribution in [-0.2, 0) is 40.5 Å². The van der Waals surface area contributed by atoms with Crippen molar-refractivity contribution in [3.8, 4) is 0 Å². The summed E-state index contributed by atoms with van der Waals surface area (Å²) < 4.78 is 32.0. The number of hydrogen-bond acceptors (Lipinski definition) is 9. The minimum absolute atomic E-state index is 0.00136. The zero-order chi connectivity index (χ0) is 33.7. The third-order valence-electron chi connectivity index (χ3n) is 13.5. The number of fused-ring (bicyclic) bond motifs is 4. The van der Waals surface area contributed by atoms with E-state index >= 15 is 0 Å². The molecule has 47 heavy (non-hydrogen) atoms. The third kappa shape index (κ3) is 4.16. The van der Waals surface area contributed by atoms with Crippen LogP contribution >= 0.6 is 0 Å². The van der Waals surface area contributed by atoms with Crippen LogP contribution in [0, 0.1) is 11.3 Å². The topological polar surface area (TPSA) is 143 Å². The highest BCUT2D eigenvalue weighted by Gasteiger charge is 2.87. The Morgan fingerprint density at radius 1 is 0.936 bits per heavy atom. The molecule has 1 aromatic carbocycles. The largest absolute Gasteiger partial charge is 0.389 e. The Hall–Kier alpha value is -1.89. The van der Waals surface area contributed by atoms with Crippen LogP contribution in [-0.4, -0.2) is 86.0 Å². The summed E-state index contributed by atoms with van der Waals surface area (Å²) in [4.78, 5) is 13.6. The second kappa shape index (κ2) is 9.66. The van der Waals surface area contributed by atoms with E-state index in [2.05, 4.69) is 5.32 Å². The van der Waals surface area contributed by atoms with Crippen molar-refractivity contribution in [2.45, 2.75) is 164 Å². The molecule has 0 radical (unpaired) electrons. The Labute approximate surface area is 277 Å². The van der Waals surface area contributed by atoms with Gasteiger partial charge in [-0.25, -0.2) is 0 Å². The van der Waals surface area contributed by atoms with Gasteiger partial charge in [0.25, 0.3) is 5.91 Å². The first-order chi connectivity index (χ1) is 21.8. The lowest BCUT2D eigenvalue weighted by Crippen LogP contribution is -2.78. The molecule has 6 fully saturated rings. The van der Waals surface area contributed by atoms with Crippen molar-refractivity contribution >= 4 is 11.6 Å². The lowest BCUT2D eigenvalue weighted by atomic mass is 9.43. The maximum Gasteiger partial charge on any atom is 0.261 e. The van der Waals surface area contributed by atoms with Gasteiger partial charge in [-0.15, -0.1) is 0 Å². The number of nitrogens with one attached hydrogen (secondary N) is 1. The van der Waals surface area contributed by atoms with Crippen molar-refractivity contribution in [3.05, 3.63) is 41.0 Å². The van der Waals surface area contributed by atoms with Crippen molar-refractivity contribution in [2.24, 2.45) is 11.3 Å². The Morgan fingerprint density at radius 3 is 2.34 bits per heavy atom. The Balaban J connectivity index is 1.10. The molecule has 5 aliphatic heterocycles. The number of benzene rings is 1. The fourth-order valence-electron chi connectivity index (χ4n) is 10.4. The van der Waals surface area contributed by atoms with Gasteiger partial charge in [0.2, 0.25) is 0 Å². The quantitative estimate of drug-likeness (QED) is 0.274. The maximum absolute atomic E-state index is 13.6. The average molecular weight is 654 g/mol. The highest BCUT2D eigenvalue weighted by Crippen LogP contribution is 2.72. The van der Waals surface area contributed by atoms with Crippen molar-refractivity contribution in [1.29, 1.82) is 0 Å². The van der Waals surface area contributed by atoms with E-state index in [-0.39, 0.29) is 24.2 Å². The van der Waals surface area contributed by atoms with Crippen molar-refractivity contribution in [2.75, 3.05) is 5.32 Å². The fraction of sp³-hybridized carbons (Fsp3) is 0.757. The van der Waals surface area contributed by atoms with E-state index in [9.17, 15) is 20.1 Å². The Bertz CT molecular complexity index is 1550. The van der Waals surface area contributed by atoms with E-state index in [0.717, 1.165) is 11.1 Å². The number of allylic oxidation sites excluding steroid dienone is 1. The number of ether oxygens (including phenoxy) is 5. The van der Waals surface area contributed by atoms with Gasteiger partial charge >= 0.3 is 0 Å². The van der Waals surface area contributed by atoms with E-state index in [4.69, 9.17) is 23.7 Å². The van der Waals surface area contributed by atoms with Gasteiger partial charge in [-0.3, -0.25) is 4.79 Å². The molecular formula is C37H51NO9. The zero-order valence-corrected chi connectivity index (χ0v) is 28.9. The first-order valence-electron chi connectivity index (χ1n) is 17.4. The highest BCUT2D eigenvalue weighted by atomic mass is 16.8. The molecule has 10 heteroatoms. The molecule has 10 nitrogen and oxygen atoms in total. The van der Waals surface area contributed by atoms with E-state index in [1.807, 2.05) is 72.7 Å². The number of anilines is 1. The second-order valence-corrected chi connectivity index (χ2v) is 17.2. The van der Waals surface area contributed by atoms with Gasteiger partial charge in [0, 0.05) is 23.1 Å². The number of amides is 1. The number of epoxide rings is 2. The number of aliphatic hydroxyl groups is 3. The predicted octanol–water partition coefficient (Wildman–Crippen LogP) is 4.02. The van der Waals surface area contributed by atoms with Crippen molar-refractivity contribution < 1.29 is 43.8 Å². The molecule has 5 heterocycles. The summed E-state index contributed by atoms with van der Waals surface area (Å²) in [6, 6.07) is 5.65. The molecule has 258 valence electrons. The molecule has 0 aromatic heterocycles. The van der Waals surface area contributed by atoms with Gasteiger partial charge in [0.05, 0.1) is 29.0 Å². The zero-order valence-electron chi connectivity index (χ0n) is 28.9. The summed E-state index contributed by atoms with van der Waals surface area (Å²) in [5.41, 5.74) is -4.57. The third-order valence-corrected chi connectivity index (χ3v) is 13.5. The number of carbonyl (C=O) groups is 1. The molecule has 2 unspecified atom stereocenters. The molecule has 1 amide bonds. The van der Waals surface area contributed by atoms with Crippen LogP contribution in [0.25, 0.3) is 0 Å². The van der Waals surface area contributed by atoms with Gasteiger partial charge in [-0.05, 0) is 104 Å². The molecule has 2 saturated carbocycles. The molecule has 8 rings (SSSR count). The number of hydrogen-bond donors (Lipinski definition) is 4. The van der Waals surface area contributed by atoms with Gasteiger partial charge < -0.3 is 44.3 Å². The fourth-order valence-corrected chi connectivity index (χ4v) is 10.4. The Kier molecular flexibility index (Phi) is 6.64. The van der Waals surface area contributed by atoms with Crippen LogP contribution in [0.3, 0.4) is 0 Å². The lowest BCUT2D eigenvalue weighted by Gasteiger charge is -2.66. The van der Waals surface area contributed by atoms with Crippen LogP contribution in [0.4, 0.5) is 5.69 Å². The van der Waals surface area contributed by atoms with E-state index in [0.29, 0.717) is 43.4 Å². The summed E-state index contributed by atoms with van der Waals surface area (Å²) in [5, 5.41) is 40.8. The lowest BCUT2D eigenvalue weighted by molar-refractivity contribution is -0.350. The standard InChI is InChI=1S/C37H51NO9/c1-19(2)16-25-44-27-28(32(5,6)46-25)43-23-13-14-33(7)34(8,40)21(12-15-36(33,42)37(23)29(27)47-37)18-35(41)26-20(17-24-31(3,4)45-24)10-9-11-22(26)38-30(35)39/h9-11,16,21,23-25,27-29,40-42H,12-15,17-18H2,1-8H3,(H,38,39)/t21-,23-,24?,25-,27+,28-,29+,33+,34-,35?,36-,37-/m0/s1. The van der Waals surface area contributed by atoms with Gasteiger partial charge in [-0.2, -0.15) is 0 Å². The van der Waals surface area contributed by atoms with Crippen LogP contribution in [0.15, 0.2) is 29.8 Å². The van der Waals surface area contributed by atoms with Crippen LogP contribution in [0.1, 0.15) is 98.6 Å². The van der Waals surface area contributed by atoms with Gasteiger partial charge in [-0.1, -0.05) is 24.6 Å². The molecule has 4 N–H and O–H groups in total. The van der Waals surface area contributed by atoms with Crippen molar-refractivity contribution in [3.63, 3.8) is 0 Å². The van der Waals surface area contributed by atoms with Crippen molar-refractivity contribution in [1.82, 2.24) is 0 Å². The summed E-state index contributed by atoms with van der Waals surface area (Å²) >= 11 is 0.